The highest BCUT2D eigenvalue weighted by molar-refractivity contribution is 7.99. The van der Waals surface area contributed by atoms with E-state index in [-0.39, 0.29) is 6.42 Å². The Bertz CT molecular complexity index is 342. The quantitative estimate of drug-likeness (QED) is 0.769. The van der Waals surface area contributed by atoms with E-state index in [1.165, 1.54) is 11.8 Å². The van der Waals surface area contributed by atoms with Gasteiger partial charge in [0.2, 0.25) is 0 Å². The van der Waals surface area contributed by atoms with E-state index >= 15 is 0 Å². The molecule has 0 aliphatic rings. The van der Waals surface area contributed by atoms with Crippen molar-refractivity contribution in [1.29, 1.82) is 0 Å². The van der Waals surface area contributed by atoms with Crippen molar-refractivity contribution in [3.63, 3.8) is 0 Å². The number of thioether (sulfide) groups is 1. The summed E-state index contributed by atoms with van der Waals surface area (Å²) < 4.78 is 0. The van der Waals surface area contributed by atoms with Gasteiger partial charge < -0.3 is 5.11 Å². The molecule has 0 radical (unpaired) electrons. The lowest BCUT2D eigenvalue weighted by Crippen LogP contribution is -1.98. The Morgan fingerprint density at radius 1 is 1.57 bits per heavy atom. The third-order valence-corrected chi connectivity index (χ3v) is 2.66. The van der Waals surface area contributed by atoms with Crippen LogP contribution in [0.4, 0.5) is 0 Å². The summed E-state index contributed by atoms with van der Waals surface area (Å²) in [4.78, 5) is 18.7. The van der Waals surface area contributed by atoms with Gasteiger partial charge in [0.15, 0.2) is 0 Å². The molecule has 0 aliphatic heterocycles. The van der Waals surface area contributed by atoms with Gasteiger partial charge in [0, 0.05) is 11.9 Å². The van der Waals surface area contributed by atoms with Crippen LogP contribution in [0.5, 0.6) is 0 Å². The largest absolute Gasteiger partial charge is 0.481 e. The highest BCUT2D eigenvalue weighted by atomic mass is 32.2. The monoisotopic (exact) mass is 212 g/mol. The van der Waals surface area contributed by atoms with Gasteiger partial charge in [-0.2, -0.15) is 0 Å². The summed E-state index contributed by atoms with van der Waals surface area (Å²) in [5.41, 5.74) is 1.71. The first kappa shape index (κ1) is 11.0. The molecule has 0 atom stereocenters. The van der Waals surface area contributed by atoms with E-state index in [0.29, 0.717) is 5.75 Å². The van der Waals surface area contributed by atoms with Crippen molar-refractivity contribution in [3.05, 3.63) is 17.6 Å². The van der Waals surface area contributed by atoms with Crippen molar-refractivity contribution in [2.45, 2.75) is 25.3 Å². The fraction of sp³-hybridized carbons (Fsp3) is 0.444. The van der Waals surface area contributed by atoms with Gasteiger partial charge in [-0.15, -0.1) is 11.8 Å². The van der Waals surface area contributed by atoms with E-state index in [0.717, 1.165) is 16.4 Å². The van der Waals surface area contributed by atoms with Crippen LogP contribution in [-0.2, 0) is 4.79 Å². The van der Waals surface area contributed by atoms with Crippen molar-refractivity contribution in [1.82, 2.24) is 9.97 Å². The van der Waals surface area contributed by atoms with E-state index in [1.54, 1.807) is 6.20 Å². The Morgan fingerprint density at radius 2 is 2.29 bits per heavy atom. The van der Waals surface area contributed by atoms with Crippen LogP contribution in [0.3, 0.4) is 0 Å². The van der Waals surface area contributed by atoms with Crippen LogP contribution in [0.2, 0.25) is 0 Å². The Morgan fingerprint density at radius 3 is 2.93 bits per heavy atom. The molecule has 0 saturated carbocycles. The summed E-state index contributed by atoms with van der Waals surface area (Å²) in [6.45, 7) is 3.74. The second-order valence-electron chi connectivity index (χ2n) is 2.89. The SMILES string of the molecule is Cc1cnc(C)c(SCCC(=O)O)n1. The number of aryl methyl sites for hydroxylation is 2. The van der Waals surface area contributed by atoms with Crippen molar-refractivity contribution < 1.29 is 9.90 Å². The molecule has 0 saturated heterocycles. The molecule has 0 bridgehead atoms. The zero-order chi connectivity index (χ0) is 10.6. The molecule has 1 N–H and O–H groups in total. The zero-order valence-electron chi connectivity index (χ0n) is 8.15. The fourth-order valence-electron chi connectivity index (χ4n) is 0.887. The summed E-state index contributed by atoms with van der Waals surface area (Å²) in [5, 5.41) is 9.29. The predicted octanol–water partition coefficient (Wildman–Crippen LogP) is 1.66. The fourth-order valence-corrected chi connectivity index (χ4v) is 1.83. The van der Waals surface area contributed by atoms with E-state index in [4.69, 9.17) is 5.11 Å². The van der Waals surface area contributed by atoms with Gasteiger partial charge in [-0.25, -0.2) is 4.98 Å². The van der Waals surface area contributed by atoms with Gasteiger partial charge >= 0.3 is 5.97 Å². The Balaban J connectivity index is 2.57. The van der Waals surface area contributed by atoms with Crippen molar-refractivity contribution in [2.24, 2.45) is 0 Å². The second kappa shape index (κ2) is 4.95. The number of carbonyl (C=O) groups is 1. The van der Waals surface area contributed by atoms with Crippen molar-refractivity contribution in [2.75, 3.05) is 5.75 Å². The minimum absolute atomic E-state index is 0.153. The Labute approximate surface area is 86.8 Å². The molecular weight excluding hydrogens is 200 g/mol. The summed E-state index contributed by atoms with van der Waals surface area (Å²) in [6, 6.07) is 0. The normalized spacial score (nSPS) is 10.1. The molecule has 1 aromatic rings. The molecule has 0 spiro atoms. The maximum absolute atomic E-state index is 10.3. The van der Waals surface area contributed by atoms with Crippen LogP contribution in [0, 0.1) is 13.8 Å². The first-order valence-corrected chi connectivity index (χ1v) is 5.23. The molecule has 0 unspecified atom stereocenters. The number of aliphatic carboxylic acids is 1. The highest BCUT2D eigenvalue weighted by Crippen LogP contribution is 2.18. The van der Waals surface area contributed by atoms with E-state index in [1.807, 2.05) is 13.8 Å². The maximum atomic E-state index is 10.3. The zero-order valence-corrected chi connectivity index (χ0v) is 8.97. The van der Waals surface area contributed by atoms with Gasteiger partial charge in [-0.3, -0.25) is 9.78 Å². The summed E-state index contributed by atoms with van der Waals surface area (Å²) >= 11 is 1.44. The number of hydrogen-bond donors (Lipinski definition) is 1. The molecule has 1 heterocycles. The second-order valence-corrected chi connectivity index (χ2v) is 3.98. The minimum atomic E-state index is -0.782. The smallest absolute Gasteiger partial charge is 0.304 e. The summed E-state index contributed by atoms with van der Waals surface area (Å²) in [5.74, 6) is -0.246. The first-order chi connectivity index (χ1) is 6.59. The molecule has 14 heavy (non-hydrogen) atoms. The van der Waals surface area contributed by atoms with Crippen LogP contribution in [0.15, 0.2) is 11.2 Å². The van der Waals surface area contributed by atoms with Gasteiger partial charge in [-0.1, -0.05) is 0 Å². The third kappa shape index (κ3) is 3.33. The van der Waals surface area contributed by atoms with Gasteiger partial charge in [0.1, 0.15) is 5.03 Å². The molecule has 0 aromatic carbocycles. The molecule has 76 valence electrons. The maximum Gasteiger partial charge on any atom is 0.304 e. The van der Waals surface area contributed by atoms with E-state index < -0.39 is 5.97 Å². The number of carboxylic acid groups (broad SMARTS) is 1. The molecule has 5 heteroatoms. The third-order valence-electron chi connectivity index (χ3n) is 1.59. The van der Waals surface area contributed by atoms with Gasteiger partial charge in [-0.05, 0) is 13.8 Å². The molecular formula is C9H12N2O2S. The average molecular weight is 212 g/mol. The number of carboxylic acids is 1. The lowest BCUT2D eigenvalue weighted by atomic mass is 10.4. The van der Waals surface area contributed by atoms with Crippen LogP contribution in [0.25, 0.3) is 0 Å². The molecule has 0 fully saturated rings. The van der Waals surface area contributed by atoms with Gasteiger partial charge in [0.05, 0.1) is 17.8 Å². The number of aromatic nitrogens is 2. The molecule has 0 aliphatic carbocycles. The number of nitrogens with zero attached hydrogens (tertiary/aromatic N) is 2. The molecule has 1 rings (SSSR count). The standard InChI is InChI=1S/C9H12N2O2S/c1-6-5-10-7(2)9(11-6)14-4-3-8(12)13/h5H,3-4H2,1-2H3,(H,12,13). The minimum Gasteiger partial charge on any atom is -0.481 e. The van der Waals surface area contributed by atoms with Crippen LogP contribution >= 0.6 is 11.8 Å². The first-order valence-electron chi connectivity index (χ1n) is 4.24. The van der Waals surface area contributed by atoms with Crippen molar-refractivity contribution in [3.8, 4) is 0 Å². The van der Waals surface area contributed by atoms with Crippen LogP contribution in [0.1, 0.15) is 17.8 Å². The molecule has 1 aromatic heterocycles. The highest BCUT2D eigenvalue weighted by Gasteiger charge is 2.04. The number of rotatable bonds is 4. The molecule has 0 amide bonds. The lowest BCUT2D eigenvalue weighted by Gasteiger charge is -2.03. The Hall–Kier alpha value is -1.10. The lowest BCUT2D eigenvalue weighted by molar-refractivity contribution is -0.136. The molecule has 4 nitrogen and oxygen atoms in total. The summed E-state index contributed by atoms with van der Waals surface area (Å²) in [7, 11) is 0. The van der Waals surface area contributed by atoms with Crippen LogP contribution < -0.4 is 0 Å². The van der Waals surface area contributed by atoms with Gasteiger partial charge in [0.25, 0.3) is 0 Å². The van der Waals surface area contributed by atoms with E-state index in [2.05, 4.69) is 9.97 Å². The Kier molecular flexibility index (Phi) is 3.88. The predicted molar refractivity (Wildman–Crippen MR) is 54.5 cm³/mol. The average Bonchev–Trinajstić information content (AvgIpc) is 2.10. The van der Waals surface area contributed by atoms with Crippen LogP contribution in [-0.4, -0.2) is 26.8 Å². The van der Waals surface area contributed by atoms with Crippen molar-refractivity contribution >= 4 is 17.7 Å². The number of hydrogen-bond acceptors (Lipinski definition) is 4. The summed E-state index contributed by atoms with van der Waals surface area (Å²) in [6.07, 6.45) is 1.86. The van der Waals surface area contributed by atoms with E-state index in [9.17, 15) is 4.79 Å². The topological polar surface area (TPSA) is 63.1 Å².